The van der Waals surface area contributed by atoms with Gasteiger partial charge in [0.15, 0.2) is 0 Å². The average molecular weight is 400 g/mol. The van der Waals surface area contributed by atoms with Crippen LogP contribution in [0.25, 0.3) is 0 Å². The van der Waals surface area contributed by atoms with E-state index in [0.717, 1.165) is 11.3 Å². The van der Waals surface area contributed by atoms with Gasteiger partial charge in [-0.1, -0.05) is 36.1 Å². The minimum Gasteiger partial charge on any atom is -0.748 e. The summed E-state index contributed by atoms with van der Waals surface area (Å²) in [5.41, 5.74) is 0.952. The summed E-state index contributed by atoms with van der Waals surface area (Å²) >= 11 is 6.31. The monoisotopic (exact) mass is 399 g/mol. The van der Waals surface area contributed by atoms with E-state index in [9.17, 15) is 17.8 Å². The normalized spacial score (nSPS) is 18.0. The first-order valence-electron chi connectivity index (χ1n) is 6.38. The molecule has 6 nitrogen and oxygen atoms in total. The van der Waals surface area contributed by atoms with Crippen LogP contribution >= 0.6 is 24.0 Å². The molecule has 0 N–H and O–H groups in total. The molecule has 0 radical (unpaired) electrons. The summed E-state index contributed by atoms with van der Waals surface area (Å²) in [5, 5.41) is -0.393. The molecule has 1 aromatic carbocycles. The molecule has 1 heterocycles. The maximum absolute atomic E-state index is 12.3. The molecule has 1 unspecified atom stereocenters. The third-order valence-corrected chi connectivity index (χ3v) is 5.42. The molecule has 10 heteroatoms. The number of thiocarbonyl (C=S) groups is 1. The number of rotatable bonds is 6. The Morgan fingerprint density at radius 3 is 2.48 bits per heavy atom. The van der Waals surface area contributed by atoms with Crippen LogP contribution in [0.3, 0.4) is 0 Å². The fourth-order valence-electron chi connectivity index (χ4n) is 2.01. The largest absolute Gasteiger partial charge is 1.00 e. The van der Waals surface area contributed by atoms with Crippen molar-refractivity contribution in [3.05, 3.63) is 29.8 Å². The number of ether oxygens (including phenoxy) is 1. The molecule has 0 bridgehead atoms. The zero-order chi connectivity index (χ0) is 16.3. The minimum absolute atomic E-state index is 0. The van der Waals surface area contributed by atoms with Gasteiger partial charge < -0.3 is 9.29 Å². The Kier molecular flexibility index (Phi) is 8.65. The third-order valence-electron chi connectivity index (χ3n) is 3.15. The van der Waals surface area contributed by atoms with Gasteiger partial charge in [-0.05, 0) is 24.1 Å². The first-order valence-corrected chi connectivity index (χ1v) is 9.25. The first-order chi connectivity index (χ1) is 10.3. The third kappa shape index (κ3) is 6.37. The van der Waals surface area contributed by atoms with Crippen molar-refractivity contribution >= 4 is 44.3 Å². The van der Waals surface area contributed by atoms with E-state index < -0.39 is 21.1 Å². The second-order valence-electron chi connectivity index (χ2n) is 4.68. The Morgan fingerprint density at radius 2 is 1.96 bits per heavy atom. The molecule has 23 heavy (non-hydrogen) atoms. The predicted octanol–water partition coefficient (Wildman–Crippen LogP) is -1.98. The number of hydrogen-bond acceptors (Lipinski definition) is 7. The molecular formula is C13H14KNO5S3. The van der Waals surface area contributed by atoms with Crippen LogP contribution in [0.15, 0.2) is 24.3 Å². The summed E-state index contributed by atoms with van der Waals surface area (Å²) in [6.45, 7) is -0.185. The Bertz CT molecular complexity index is 677. The quantitative estimate of drug-likeness (QED) is 0.311. The van der Waals surface area contributed by atoms with Gasteiger partial charge in [0.2, 0.25) is 5.91 Å². The molecular weight excluding hydrogens is 385 g/mol. The molecule has 1 saturated heterocycles. The number of hydrogen-bond donors (Lipinski definition) is 0. The molecule has 1 amide bonds. The van der Waals surface area contributed by atoms with Crippen molar-refractivity contribution < 1.29 is 73.9 Å². The number of carbonyl (C=O) groups is 1. The van der Waals surface area contributed by atoms with Gasteiger partial charge in [0.25, 0.3) is 0 Å². The van der Waals surface area contributed by atoms with Gasteiger partial charge in [-0.25, -0.2) is 8.42 Å². The van der Waals surface area contributed by atoms with Crippen molar-refractivity contribution in [1.82, 2.24) is 4.90 Å². The van der Waals surface area contributed by atoms with E-state index in [0.29, 0.717) is 10.7 Å². The van der Waals surface area contributed by atoms with Crippen LogP contribution in [0.4, 0.5) is 0 Å². The van der Waals surface area contributed by atoms with Crippen LogP contribution in [0.1, 0.15) is 5.56 Å². The molecule has 0 saturated carbocycles. The number of carbonyl (C=O) groups excluding carboxylic acids is 1. The molecule has 1 fully saturated rings. The van der Waals surface area contributed by atoms with Crippen molar-refractivity contribution in [3.63, 3.8) is 0 Å². The van der Waals surface area contributed by atoms with E-state index in [2.05, 4.69) is 0 Å². The van der Waals surface area contributed by atoms with Crippen molar-refractivity contribution in [2.45, 2.75) is 11.7 Å². The molecule has 2 rings (SSSR count). The Balaban J connectivity index is 0.00000264. The maximum atomic E-state index is 12.3. The number of benzene rings is 1. The fraction of sp³-hybridized carbons (Fsp3) is 0.385. The van der Waals surface area contributed by atoms with Gasteiger partial charge in [-0.3, -0.25) is 9.69 Å². The number of amides is 1. The number of thioether (sulfide) groups is 1. The van der Waals surface area contributed by atoms with Gasteiger partial charge in [-0.2, -0.15) is 0 Å². The van der Waals surface area contributed by atoms with Crippen LogP contribution in [0, 0.1) is 0 Å². The SMILES string of the molecule is COc1ccc(CC2SC(=S)N(CCS(=O)(=O)[O-])C2=O)cc1.[K+]. The number of methoxy groups -OCH3 is 1. The molecule has 1 aromatic rings. The second kappa shape index (κ2) is 9.25. The zero-order valence-electron chi connectivity index (χ0n) is 12.7. The van der Waals surface area contributed by atoms with E-state index in [1.165, 1.54) is 16.7 Å². The molecule has 1 aliphatic heterocycles. The fourth-order valence-corrected chi connectivity index (χ4v) is 4.00. The first kappa shape index (κ1) is 21.5. The number of nitrogens with zero attached hydrogens (tertiary/aromatic N) is 1. The second-order valence-corrected chi connectivity index (χ2v) is 8.04. The zero-order valence-corrected chi connectivity index (χ0v) is 18.3. The minimum atomic E-state index is -4.37. The van der Waals surface area contributed by atoms with E-state index in [1.807, 2.05) is 12.1 Å². The van der Waals surface area contributed by atoms with Gasteiger partial charge in [0.1, 0.15) is 10.1 Å². The smallest absolute Gasteiger partial charge is 0.748 e. The summed E-state index contributed by atoms with van der Waals surface area (Å²) < 4.78 is 37.4. The standard InChI is InChI=1S/C13H15NO5S3.K/c1-19-10-4-2-9(3-5-10)8-11-12(15)14(13(20)21-11)6-7-22(16,17)18;/h2-5,11H,6-8H2,1H3,(H,16,17,18);/q;+1/p-1. The van der Waals surface area contributed by atoms with Gasteiger partial charge in [0, 0.05) is 6.54 Å². The van der Waals surface area contributed by atoms with Gasteiger partial charge >= 0.3 is 51.4 Å². The maximum Gasteiger partial charge on any atom is 1.00 e. The van der Waals surface area contributed by atoms with Crippen molar-refractivity contribution in [1.29, 1.82) is 0 Å². The summed E-state index contributed by atoms with van der Waals surface area (Å²) in [5.74, 6) is -0.157. The summed E-state index contributed by atoms with van der Waals surface area (Å²) in [6.07, 6.45) is 0.480. The van der Waals surface area contributed by atoms with Crippen LogP contribution in [0.2, 0.25) is 0 Å². The predicted molar refractivity (Wildman–Crippen MR) is 87.0 cm³/mol. The molecule has 0 spiro atoms. The Hall–Kier alpha value is 0.476. The van der Waals surface area contributed by atoms with Gasteiger partial charge in [0.05, 0.1) is 28.2 Å². The van der Waals surface area contributed by atoms with Crippen molar-refractivity contribution in [2.24, 2.45) is 0 Å². The van der Waals surface area contributed by atoms with Crippen LogP contribution in [-0.4, -0.2) is 52.8 Å². The topological polar surface area (TPSA) is 86.7 Å². The molecule has 1 aliphatic rings. The van der Waals surface area contributed by atoms with Crippen LogP contribution in [0.5, 0.6) is 5.75 Å². The summed E-state index contributed by atoms with van der Waals surface area (Å²) in [7, 11) is -2.79. The van der Waals surface area contributed by atoms with Crippen LogP contribution < -0.4 is 56.1 Å². The van der Waals surface area contributed by atoms with E-state index in [-0.39, 0.29) is 63.8 Å². The molecule has 120 valence electrons. The molecule has 0 aromatic heterocycles. The Morgan fingerprint density at radius 1 is 1.35 bits per heavy atom. The molecule has 0 aliphatic carbocycles. The van der Waals surface area contributed by atoms with Gasteiger partial charge in [-0.15, -0.1) is 0 Å². The van der Waals surface area contributed by atoms with E-state index in [1.54, 1.807) is 19.2 Å². The van der Waals surface area contributed by atoms with E-state index in [4.69, 9.17) is 17.0 Å². The van der Waals surface area contributed by atoms with E-state index >= 15 is 0 Å². The summed E-state index contributed by atoms with van der Waals surface area (Å²) in [6, 6.07) is 7.33. The Labute approximate surface area is 187 Å². The summed E-state index contributed by atoms with van der Waals surface area (Å²) in [4.78, 5) is 13.5. The van der Waals surface area contributed by atoms with Crippen LogP contribution in [-0.2, 0) is 21.3 Å². The van der Waals surface area contributed by atoms with Crippen molar-refractivity contribution in [2.75, 3.05) is 19.4 Å². The van der Waals surface area contributed by atoms with Crippen molar-refractivity contribution in [3.8, 4) is 5.75 Å². The molecule has 1 atom stereocenters. The average Bonchev–Trinajstić information content (AvgIpc) is 2.71.